The van der Waals surface area contributed by atoms with Crippen LogP contribution in [0.4, 0.5) is 5.00 Å². The van der Waals surface area contributed by atoms with Gasteiger partial charge in [0.25, 0.3) is 0 Å². The van der Waals surface area contributed by atoms with Crippen LogP contribution in [0.2, 0.25) is 0 Å². The Bertz CT molecular complexity index is 694. The first-order valence-corrected chi connectivity index (χ1v) is 8.19. The van der Waals surface area contributed by atoms with Crippen LogP contribution < -0.4 is 5.73 Å². The van der Waals surface area contributed by atoms with Gasteiger partial charge in [-0.05, 0) is 19.4 Å². The number of ether oxygens (including phenoxy) is 2. The van der Waals surface area contributed by atoms with Crippen molar-refractivity contribution in [2.24, 2.45) is 0 Å². The van der Waals surface area contributed by atoms with Crippen molar-refractivity contribution in [1.82, 2.24) is 0 Å². The van der Waals surface area contributed by atoms with Crippen molar-refractivity contribution in [3.8, 4) is 0 Å². The average molecular weight is 333 g/mol. The molecule has 23 heavy (non-hydrogen) atoms. The van der Waals surface area contributed by atoms with Crippen molar-refractivity contribution in [3.63, 3.8) is 0 Å². The van der Waals surface area contributed by atoms with Crippen LogP contribution in [0.3, 0.4) is 0 Å². The topological polar surface area (TPSA) is 78.6 Å². The molecular formula is C17H19NO4S. The van der Waals surface area contributed by atoms with Gasteiger partial charge in [-0.3, -0.25) is 0 Å². The van der Waals surface area contributed by atoms with E-state index < -0.39 is 11.9 Å². The molecular weight excluding hydrogens is 314 g/mol. The van der Waals surface area contributed by atoms with Crippen molar-refractivity contribution in [2.75, 3.05) is 18.9 Å². The lowest BCUT2D eigenvalue weighted by Gasteiger charge is -2.07. The Morgan fingerprint density at radius 1 is 1.00 bits per heavy atom. The Balaban J connectivity index is 2.47. The van der Waals surface area contributed by atoms with Gasteiger partial charge < -0.3 is 15.2 Å². The molecule has 0 unspecified atom stereocenters. The number of thiophene rings is 1. The average Bonchev–Trinajstić information content (AvgIpc) is 2.85. The predicted octanol–water partition coefficient (Wildman–Crippen LogP) is 3.27. The van der Waals surface area contributed by atoms with Gasteiger partial charge in [0.05, 0.1) is 18.8 Å². The van der Waals surface area contributed by atoms with Crippen molar-refractivity contribution in [3.05, 3.63) is 51.9 Å². The van der Waals surface area contributed by atoms with Crippen LogP contribution >= 0.6 is 11.3 Å². The van der Waals surface area contributed by atoms with Gasteiger partial charge in [0.15, 0.2) is 0 Å². The van der Waals surface area contributed by atoms with E-state index in [4.69, 9.17) is 15.2 Å². The SMILES string of the molecule is CCOC(=O)c1c(N)sc(Cc2ccccc2)c1C(=O)OCC. The Morgan fingerprint density at radius 2 is 1.57 bits per heavy atom. The Hall–Kier alpha value is -2.34. The Labute approximate surface area is 139 Å². The summed E-state index contributed by atoms with van der Waals surface area (Å²) in [6.07, 6.45) is 0.503. The smallest absolute Gasteiger partial charge is 0.342 e. The number of benzene rings is 1. The van der Waals surface area contributed by atoms with Crippen LogP contribution in [0.1, 0.15) is 45.0 Å². The summed E-state index contributed by atoms with van der Waals surface area (Å²) in [5, 5.41) is 0.275. The second-order valence-corrected chi connectivity index (χ2v) is 5.88. The molecule has 0 saturated heterocycles. The van der Waals surface area contributed by atoms with Gasteiger partial charge in [-0.1, -0.05) is 30.3 Å². The quantitative estimate of drug-likeness (QED) is 0.821. The summed E-state index contributed by atoms with van der Waals surface area (Å²) in [5.41, 5.74) is 7.33. The molecule has 6 heteroatoms. The van der Waals surface area contributed by atoms with E-state index >= 15 is 0 Å². The van der Waals surface area contributed by atoms with E-state index in [-0.39, 0.29) is 29.3 Å². The largest absolute Gasteiger partial charge is 0.462 e. The fourth-order valence-electron chi connectivity index (χ4n) is 2.23. The fraction of sp³-hybridized carbons (Fsp3) is 0.294. The van der Waals surface area contributed by atoms with Gasteiger partial charge in [0.1, 0.15) is 10.6 Å². The van der Waals surface area contributed by atoms with E-state index in [9.17, 15) is 9.59 Å². The predicted molar refractivity (Wildman–Crippen MR) is 89.9 cm³/mol. The zero-order valence-electron chi connectivity index (χ0n) is 13.1. The third-order valence-corrected chi connectivity index (χ3v) is 4.19. The van der Waals surface area contributed by atoms with Gasteiger partial charge in [-0.15, -0.1) is 11.3 Å². The second-order valence-electron chi connectivity index (χ2n) is 4.74. The molecule has 0 aliphatic carbocycles. The standard InChI is InChI=1S/C17H19NO4S/c1-3-21-16(19)13-12(10-11-8-6-5-7-9-11)23-15(18)14(13)17(20)22-4-2/h5-9H,3-4,10,18H2,1-2H3. The number of anilines is 1. The number of nitrogen functional groups attached to an aromatic ring is 1. The molecule has 0 radical (unpaired) electrons. The fourth-order valence-corrected chi connectivity index (χ4v) is 3.31. The van der Waals surface area contributed by atoms with Crippen LogP contribution in [0.25, 0.3) is 0 Å². The first kappa shape index (κ1) is 17.0. The molecule has 0 spiro atoms. The first-order valence-electron chi connectivity index (χ1n) is 7.37. The highest BCUT2D eigenvalue weighted by atomic mass is 32.1. The summed E-state index contributed by atoms with van der Waals surface area (Å²) in [5.74, 6) is -1.14. The normalized spacial score (nSPS) is 10.3. The number of nitrogens with two attached hydrogens (primary N) is 1. The number of carbonyl (C=O) groups excluding carboxylic acids is 2. The summed E-state index contributed by atoms with van der Waals surface area (Å²) in [4.78, 5) is 25.2. The number of hydrogen-bond donors (Lipinski definition) is 1. The van der Waals surface area contributed by atoms with E-state index in [2.05, 4.69) is 0 Å². The maximum absolute atomic E-state index is 12.3. The molecule has 2 rings (SSSR count). The molecule has 2 N–H and O–H groups in total. The molecule has 0 aliphatic rings. The molecule has 122 valence electrons. The van der Waals surface area contributed by atoms with Gasteiger partial charge in [0, 0.05) is 11.3 Å². The van der Waals surface area contributed by atoms with Crippen molar-refractivity contribution < 1.29 is 19.1 Å². The zero-order valence-corrected chi connectivity index (χ0v) is 13.9. The van der Waals surface area contributed by atoms with Crippen molar-refractivity contribution in [2.45, 2.75) is 20.3 Å². The lowest BCUT2D eigenvalue weighted by Crippen LogP contribution is -2.15. The molecule has 1 heterocycles. The summed E-state index contributed by atoms with van der Waals surface area (Å²) in [6, 6.07) is 9.66. The van der Waals surface area contributed by atoms with Crippen LogP contribution in [0, 0.1) is 0 Å². The van der Waals surface area contributed by atoms with E-state index in [1.807, 2.05) is 30.3 Å². The molecule has 0 aliphatic heterocycles. The molecule has 5 nitrogen and oxygen atoms in total. The van der Waals surface area contributed by atoms with E-state index in [0.29, 0.717) is 11.3 Å². The highest BCUT2D eigenvalue weighted by molar-refractivity contribution is 7.16. The first-order chi connectivity index (χ1) is 11.1. The molecule has 1 aromatic carbocycles. The Morgan fingerprint density at radius 3 is 2.13 bits per heavy atom. The molecule has 2 aromatic rings. The lowest BCUT2D eigenvalue weighted by molar-refractivity contribution is 0.0480. The van der Waals surface area contributed by atoms with Gasteiger partial charge in [0.2, 0.25) is 0 Å². The highest BCUT2D eigenvalue weighted by Crippen LogP contribution is 2.34. The number of rotatable bonds is 6. The summed E-state index contributed by atoms with van der Waals surface area (Å²) < 4.78 is 10.1. The van der Waals surface area contributed by atoms with Gasteiger partial charge >= 0.3 is 11.9 Å². The van der Waals surface area contributed by atoms with E-state index in [1.165, 1.54) is 11.3 Å². The van der Waals surface area contributed by atoms with Crippen LogP contribution in [0.5, 0.6) is 0 Å². The minimum absolute atomic E-state index is 0.112. The number of hydrogen-bond acceptors (Lipinski definition) is 6. The van der Waals surface area contributed by atoms with Crippen LogP contribution in [0.15, 0.2) is 30.3 Å². The molecule has 0 atom stereocenters. The molecule has 0 fully saturated rings. The van der Waals surface area contributed by atoms with Gasteiger partial charge in [-0.25, -0.2) is 9.59 Å². The molecule has 0 saturated carbocycles. The van der Waals surface area contributed by atoms with Gasteiger partial charge in [-0.2, -0.15) is 0 Å². The highest BCUT2D eigenvalue weighted by Gasteiger charge is 2.29. The molecule has 0 amide bonds. The van der Waals surface area contributed by atoms with E-state index in [0.717, 1.165) is 5.56 Å². The summed E-state index contributed by atoms with van der Waals surface area (Å²) in [7, 11) is 0. The summed E-state index contributed by atoms with van der Waals surface area (Å²) >= 11 is 1.22. The van der Waals surface area contributed by atoms with Crippen molar-refractivity contribution in [1.29, 1.82) is 0 Å². The lowest BCUT2D eigenvalue weighted by atomic mass is 10.0. The van der Waals surface area contributed by atoms with E-state index in [1.54, 1.807) is 13.8 Å². The van der Waals surface area contributed by atoms with Crippen molar-refractivity contribution >= 4 is 28.3 Å². The zero-order chi connectivity index (χ0) is 16.8. The monoisotopic (exact) mass is 333 g/mol. The molecule has 0 bridgehead atoms. The maximum Gasteiger partial charge on any atom is 0.342 e. The molecule has 1 aromatic heterocycles. The second kappa shape index (κ2) is 7.78. The minimum atomic E-state index is -0.594. The Kier molecular flexibility index (Phi) is 5.76. The van der Waals surface area contributed by atoms with Crippen LogP contribution in [-0.4, -0.2) is 25.2 Å². The summed E-state index contributed by atoms with van der Waals surface area (Å²) in [6.45, 7) is 3.86. The van der Waals surface area contributed by atoms with Crippen LogP contribution in [-0.2, 0) is 15.9 Å². The maximum atomic E-state index is 12.3. The number of carbonyl (C=O) groups is 2. The minimum Gasteiger partial charge on any atom is -0.462 e. The third kappa shape index (κ3) is 3.90. The number of esters is 2. The third-order valence-electron chi connectivity index (χ3n) is 3.18.